The van der Waals surface area contributed by atoms with Crippen LogP contribution in [0.3, 0.4) is 0 Å². The van der Waals surface area contributed by atoms with E-state index in [0.717, 1.165) is 0 Å². The minimum Gasteiger partial charge on any atom is -0.496 e. The second-order valence-corrected chi connectivity index (χ2v) is 5.31. The van der Waals surface area contributed by atoms with Crippen LogP contribution in [0.1, 0.15) is 15.9 Å². The Balaban J connectivity index is 2.46. The number of carbonyl (C=O) groups excluding carboxylic acids is 1. The lowest BCUT2D eigenvalue weighted by Gasteiger charge is -2.09. The fourth-order valence-corrected chi connectivity index (χ4v) is 2.53. The van der Waals surface area contributed by atoms with Crippen molar-refractivity contribution < 1.29 is 14.3 Å². The highest BCUT2D eigenvalue weighted by Gasteiger charge is 2.16. The molecule has 0 heterocycles. The van der Waals surface area contributed by atoms with Crippen LogP contribution in [0.2, 0.25) is 5.02 Å². The Morgan fingerprint density at radius 3 is 2.30 bits per heavy atom. The van der Waals surface area contributed by atoms with Gasteiger partial charge in [-0.25, -0.2) is 0 Å². The molecule has 0 aliphatic carbocycles. The van der Waals surface area contributed by atoms with E-state index in [4.69, 9.17) is 21.1 Å². The lowest BCUT2D eigenvalue weighted by Crippen LogP contribution is -2.04. The Morgan fingerprint density at radius 2 is 1.70 bits per heavy atom. The molecular formula is C15H12BrClO3. The van der Waals surface area contributed by atoms with Gasteiger partial charge in [0.2, 0.25) is 0 Å². The third-order valence-corrected chi connectivity index (χ3v) is 3.67. The molecule has 0 unspecified atom stereocenters. The van der Waals surface area contributed by atoms with Crippen LogP contribution in [0.5, 0.6) is 11.5 Å². The fraction of sp³-hybridized carbons (Fsp3) is 0.133. The van der Waals surface area contributed by atoms with E-state index < -0.39 is 0 Å². The molecule has 0 fully saturated rings. The molecule has 104 valence electrons. The molecule has 0 N–H and O–H groups in total. The normalized spacial score (nSPS) is 10.2. The van der Waals surface area contributed by atoms with Crippen LogP contribution in [0.15, 0.2) is 40.9 Å². The average molecular weight is 356 g/mol. The Kier molecular flexibility index (Phi) is 4.68. The molecule has 0 saturated heterocycles. The van der Waals surface area contributed by atoms with Crippen molar-refractivity contribution in [3.63, 3.8) is 0 Å². The van der Waals surface area contributed by atoms with E-state index >= 15 is 0 Å². The van der Waals surface area contributed by atoms with Crippen molar-refractivity contribution in [2.45, 2.75) is 0 Å². The van der Waals surface area contributed by atoms with E-state index in [-0.39, 0.29) is 5.78 Å². The van der Waals surface area contributed by atoms with Gasteiger partial charge in [-0.3, -0.25) is 4.79 Å². The zero-order chi connectivity index (χ0) is 14.7. The molecule has 0 radical (unpaired) electrons. The molecule has 0 aromatic heterocycles. The second-order valence-electron chi connectivity index (χ2n) is 4.02. The van der Waals surface area contributed by atoms with Crippen LogP contribution in [0.25, 0.3) is 0 Å². The first-order chi connectivity index (χ1) is 9.56. The Bertz CT molecular complexity index is 656. The Morgan fingerprint density at radius 1 is 1.05 bits per heavy atom. The van der Waals surface area contributed by atoms with Crippen LogP contribution in [-0.2, 0) is 0 Å². The van der Waals surface area contributed by atoms with Crippen molar-refractivity contribution >= 4 is 33.3 Å². The van der Waals surface area contributed by atoms with Crippen molar-refractivity contribution in [3.8, 4) is 11.5 Å². The van der Waals surface area contributed by atoms with Gasteiger partial charge >= 0.3 is 0 Å². The summed E-state index contributed by atoms with van der Waals surface area (Å²) < 4.78 is 11.1. The quantitative estimate of drug-likeness (QED) is 0.765. The molecule has 2 aromatic carbocycles. The van der Waals surface area contributed by atoms with Gasteiger partial charge in [-0.2, -0.15) is 0 Å². The van der Waals surface area contributed by atoms with E-state index in [1.54, 1.807) is 43.5 Å². The van der Waals surface area contributed by atoms with Crippen LogP contribution in [-0.4, -0.2) is 20.0 Å². The molecule has 2 rings (SSSR count). The van der Waals surface area contributed by atoms with Crippen LogP contribution < -0.4 is 9.47 Å². The Labute approximate surface area is 130 Å². The zero-order valence-corrected chi connectivity index (χ0v) is 13.3. The SMILES string of the molecule is COc1ccc(C(=O)c2cc(Cl)ccc2OC)cc1Br. The van der Waals surface area contributed by atoms with Crippen molar-refractivity contribution in [2.24, 2.45) is 0 Å². The van der Waals surface area contributed by atoms with Crippen LogP contribution in [0.4, 0.5) is 0 Å². The van der Waals surface area contributed by atoms with E-state index in [1.165, 1.54) is 7.11 Å². The van der Waals surface area contributed by atoms with Gasteiger partial charge in [0.15, 0.2) is 5.78 Å². The monoisotopic (exact) mass is 354 g/mol. The third kappa shape index (κ3) is 2.97. The van der Waals surface area contributed by atoms with Gasteiger partial charge in [-0.15, -0.1) is 0 Å². The standard InChI is InChI=1S/C15H12BrClO3/c1-19-13-6-4-10(17)8-11(13)15(18)9-3-5-14(20-2)12(16)7-9/h3-8H,1-2H3. The van der Waals surface area contributed by atoms with E-state index in [9.17, 15) is 4.79 Å². The summed E-state index contributed by atoms with van der Waals surface area (Å²) in [5, 5.41) is 0.488. The predicted molar refractivity (Wildman–Crippen MR) is 82.1 cm³/mol. The summed E-state index contributed by atoms with van der Waals surface area (Å²) in [5.41, 5.74) is 0.954. The topological polar surface area (TPSA) is 35.5 Å². The number of hydrogen-bond acceptors (Lipinski definition) is 3. The molecule has 0 spiro atoms. The summed E-state index contributed by atoms with van der Waals surface area (Å²) in [4.78, 5) is 12.5. The summed E-state index contributed by atoms with van der Waals surface area (Å²) in [7, 11) is 3.09. The highest BCUT2D eigenvalue weighted by molar-refractivity contribution is 9.10. The van der Waals surface area contributed by atoms with Crippen molar-refractivity contribution in [1.29, 1.82) is 0 Å². The molecule has 5 heteroatoms. The number of carbonyl (C=O) groups is 1. The largest absolute Gasteiger partial charge is 0.496 e. The molecule has 0 bridgehead atoms. The second kappa shape index (κ2) is 6.29. The number of benzene rings is 2. The molecule has 0 saturated carbocycles. The minimum absolute atomic E-state index is 0.160. The first kappa shape index (κ1) is 14.9. The summed E-state index contributed by atoms with van der Waals surface area (Å²) in [6, 6.07) is 10.1. The highest BCUT2D eigenvalue weighted by atomic mass is 79.9. The Hall–Kier alpha value is -1.52. The molecule has 0 atom stereocenters. The molecule has 0 amide bonds. The number of ether oxygens (including phenoxy) is 2. The van der Waals surface area contributed by atoms with Crippen molar-refractivity contribution in [2.75, 3.05) is 14.2 Å². The van der Waals surface area contributed by atoms with E-state index in [2.05, 4.69) is 15.9 Å². The fourth-order valence-electron chi connectivity index (χ4n) is 1.82. The zero-order valence-electron chi connectivity index (χ0n) is 10.9. The van der Waals surface area contributed by atoms with E-state index in [0.29, 0.717) is 32.1 Å². The number of hydrogen-bond donors (Lipinski definition) is 0. The van der Waals surface area contributed by atoms with Crippen LogP contribution in [0, 0.1) is 0 Å². The van der Waals surface area contributed by atoms with Gasteiger partial charge in [-0.05, 0) is 52.3 Å². The van der Waals surface area contributed by atoms with Gasteiger partial charge in [0.1, 0.15) is 11.5 Å². The molecule has 3 nitrogen and oxygen atoms in total. The van der Waals surface area contributed by atoms with Gasteiger partial charge in [-0.1, -0.05) is 11.6 Å². The smallest absolute Gasteiger partial charge is 0.196 e. The lowest BCUT2D eigenvalue weighted by atomic mass is 10.0. The average Bonchev–Trinajstić information content (AvgIpc) is 2.46. The first-order valence-corrected chi connectivity index (χ1v) is 6.95. The number of methoxy groups -OCH3 is 2. The highest BCUT2D eigenvalue weighted by Crippen LogP contribution is 2.29. The first-order valence-electron chi connectivity index (χ1n) is 5.78. The van der Waals surface area contributed by atoms with Crippen LogP contribution >= 0.6 is 27.5 Å². The van der Waals surface area contributed by atoms with Crippen molar-refractivity contribution in [1.82, 2.24) is 0 Å². The predicted octanol–water partition coefficient (Wildman–Crippen LogP) is 4.35. The van der Waals surface area contributed by atoms with Gasteiger partial charge in [0.05, 0.1) is 24.3 Å². The summed E-state index contributed by atoms with van der Waals surface area (Å²) in [6.07, 6.45) is 0. The lowest BCUT2D eigenvalue weighted by molar-refractivity contribution is 0.103. The molecule has 0 aliphatic heterocycles. The molecule has 20 heavy (non-hydrogen) atoms. The maximum absolute atomic E-state index is 12.5. The molecule has 0 aliphatic rings. The maximum Gasteiger partial charge on any atom is 0.196 e. The number of halogens is 2. The van der Waals surface area contributed by atoms with Crippen molar-refractivity contribution in [3.05, 3.63) is 57.0 Å². The maximum atomic E-state index is 12.5. The summed E-state index contributed by atoms with van der Waals surface area (Å²) in [5.74, 6) is 0.999. The van der Waals surface area contributed by atoms with Gasteiger partial charge < -0.3 is 9.47 Å². The minimum atomic E-state index is -0.160. The summed E-state index contributed by atoms with van der Waals surface area (Å²) in [6.45, 7) is 0. The summed E-state index contributed by atoms with van der Waals surface area (Å²) >= 11 is 9.31. The molecule has 2 aromatic rings. The number of ketones is 1. The number of rotatable bonds is 4. The van der Waals surface area contributed by atoms with Gasteiger partial charge in [0.25, 0.3) is 0 Å². The molecular weight excluding hydrogens is 344 g/mol. The third-order valence-electron chi connectivity index (χ3n) is 2.82. The van der Waals surface area contributed by atoms with Gasteiger partial charge in [0, 0.05) is 10.6 Å². The van der Waals surface area contributed by atoms with E-state index in [1.807, 2.05) is 0 Å².